The fraction of sp³-hybridized carbons (Fsp3) is 0.286. The normalized spacial score (nSPS) is 17.9. The third kappa shape index (κ3) is 2.11. The molecule has 148 valence electrons. The van der Waals surface area contributed by atoms with Gasteiger partial charge in [0.25, 0.3) is 5.56 Å². The molecule has 0 spiro atoms. The number of nitrogens with one attached hydrogen (secondary N) is 1. The number of rotatable bonds is 3. The van der Waals surface area contributed by atoms with E-state index < -0.39 is 12.0 Å². The molecule has 1 N–H and O–H groups in total. The van der Waals surface area contributed by atoms with Gasteiger partial charge in [-0.05, 0) is 17.7 Å². The Hall–Kier alpha value is -3.55. The smallest absolute Gasteiger partial charge is 0.329 e. The van der Waals surface area contributed by atoms with Crippen molar-refractivity contribution >= 4 is 38.7 Å². The summed E-state index contributed by atoms with van der Waals surface area (Å²) in [6.45, 7) is 1.91. The van der Waals surface area contributed by atoms with Crippen molar-refractivity contribution in [1.29, 1.82) is 0 Å². The van der Waals surface area contributed by atoms with E-state index in [0.29, 0.717) is 33.4 Å². The molecular weight excluding hydrogens is 374 g/mol. The van der Waals surface area contributed by atoms with E-state index in [2.05, 4.69) is 9.97 Å². The fourth-order valence-electron chi connectivity index (χ4n) is 4.51. The molecule has 3 aromatic heterocycles. The quantitative estimate of drug-likeness (QED) is 0.425. The highest BCUT2D eigenvalue weighted by Gasteiger charge is 2.38. The summed E-state index contributed by atoms with van der Waals surface area (Å²) in [5.74, 6) is 0.241. The highest BCUT2D eigenvalue weighted by molar-refractivity contribution is 6.16. The number of hydrogen-bond acceptors (Lipinski definition) is 6. The summed E-state index contributed by atoms with van der Waals surface area (Å²) in [6.07, 6.45) is 3.57. The predicted molar refractivity (Wildman–Crippen MR) is 108 cm³/mol. The number of hydrogen-bond donors (Lipinski definition) is 1. The lowest BCUT2D eigenvalue weighted by Crippen LogP contribution is -2.36. The second-order valence-corrected chi connectivity index (χ2v) is 7.17. The topological polar surface area (TPSA) is 95.4 Å². The molecule has 0 saturated heterocycles. The molecule has 4 aromatic rings. The number of methoxy groups -OCH3 is 3. The highest BCUT2D eigenvalue weighted by Crippen LogP contribution is 2.44. The number of fused-ring (bicyclic) bond motifs is 2. The Kier molecular flexibility index (Phi) is 3.61. The number of aromatic nitrogens is 3. The summed E-state index contributed by atoms with van der Waals surface area (Å²) in [4.78, 5) is 34.1. The predicted octanol–water partition coefficient (Wildman–Crippen LogP) is 2.88. The van der Waals surface area contributed by atoms with Crippen molar-refractivity contribution < 1.29 is 19.0 Å². The minimum absolute atomic E-state index is 0.258. The molecule has 0 bridgehead atoms. The van der Waals surface area contributed by atoms with E-state index in [1.165, 1.54) is 14.2 Å². The molecule has 0 radical (unpaired) electrons. The number of benzene rings is 1. The number of ether oxygens (including phenoxy) is 3. The molecule has 1 unspecified atom stereocenters. The molecular formula is C21H19N3O5. The lowest BCUT2D eigenvalue weighted by molar-refractivity contribution is -0.145. The van der Waals surface area contributed by atoms with E-state index in [1.807, 2.05) is 13.1 Å². The van der Waals surface area contributed by atoms with E-state index in [4.69, 9.17) is 14.2 Å². The summed E-state index contributed by atoms with van der Waals surface area (Å²) in [7, 11) is 4.40. The first-order valence-corrected chi connectivity index (χ1v) is 9.19. The van der Waals surface area contributed by atoms with Crippen LogP contribution in [0.25, 0.3) is 32.7 Å². The Bertz CT molecular complexity index is 1380. The maximum atomic E-state index is 13.6. The van der Waals surface area contributed by atoms with Gasteiger partial charge in [0.1, 0.15) is 11.7 Å². The van der Waals surface area contributed by atoms with Gasteiger partial charge < -0.3 is 19.2 Å². The number of carbonyl (C=O) groups excluding carboxylic acids is 1. The Morgan fingerprint density at radius 2 is 1.79 bits per heavy atom. The van der Waals surface area contributed by atoms with Crippen LogP contribution in [-0.2, 0) is 9.53 Å². The Balaban J connectivity index is 2.06. The van der Waals surface area contributed by atoms with E-state index in [0.717, 1.165) is 16.3 Å². The molecule has 1 aromatic carbocycles. The summed E-state index contributed by atoms with van der Waals surface area (Å²) in [5, 5.41) is 2.73. The number of H-pyrrole nitrogens is 1. The van der Waals surface area contributed by atoms with Gasteiger partial charge in [-0.1, -0.05) is 6.92 Å². The summed E-state index contributed by atoms with van der Waals surface area (Å²) >= 11 is 0. The SMILES string of the molecule is COC(=O)[C@H]1C(C)c2c[nH]c3ncc4c5cc(OC)c(OC)cc5c(=O)n1c4c23. The van der Waals surface area contributed by atoms with Crippen LogP contribution in [0.15, 0.2) is 29.3 Å². The molecule has 0 saturated carbocycles. The number of nitrogens with zero attached hydrogens (tertiary/aromatic N) is 2. The minimum atomic E-state index is -0.776. The molecule has 0 aliphatic carbocycles. The molecule has 8 nitrogen and oxygen atoms in total. The number of aromatic amines is 1. The van der Waals surface area contributed by atoms with Gasteiger partial charge >= 0.3 is 5.97 Å². The Morgan fingerprint density at radius 1 is 1.10 bits per heavy atom. The van der Waals surface area contributed by atoms with Crippen LogP contribution in [0.2, 0.25) is 0 Å². The summed E-state index contributed by atoms with van der Waals surface area (Å²) < 4.78 is 17.4. The van der Waals surface area contributed by atoms with Crippen LogP contribution in [0, 0.1) is 0 Å². The first-order chi connectivity index (χ1) is 14.0. The first-order valence-electron chi connectivity index (χ1n) is 9.19. The molecule has 29 heavy (non-hydrogen) atoms. The minimum Gasteiger partial charge on any atom is -0.493 e. The van der Waals surface area contributed by atoms with Gasteiger partial charge in [-0.15, -0.1) is 0 Å². The summed E-state index contributed by atoms with van der Waals surface area (Å²) in [5.41, 5.74) is 2.00. The maximum absolute atomic E-state index is 13.6. The van der Waals surface area contributed by atoms with Crippen LogP contribution in [0.4, 0.5) is 0 Å². The van der Waals surface area contributed by atoms with Gasteiger partial charge in [-0.3, -0.25) is 9.36 Å². The van der Waals surface area contributed by atoms with E-state index in [9.17, 15) is 9.59 Å². The van der Waals surface area contributed by atoms with Crippen LogP contribution in [0.3, 0.4) is 0 Å². The van der Waals surface area contributed by atoms with Gasteiger partial charge in [0.05, 0.1) is 32.2 Å². The van der Waals surface area contributed by atoms with E-state index >= 15 is 0 Å². The van der Waals surface area contributed by atoms with Crippen molar-refractivity contribution in [3.05, 3.63) is 40.4 Å². The third-order valence-corrected chi connectivity index (χ3v) is 5.89. The van der Waals surface area contributed by atoms with Gasteiger partial charge in [-0.2, -0.15) is 0 Å². The number of pyridine rings is 2. The van der Waals surface area contributed by atoms with Crippen molar-refractivity contribution in [1.82, 2.24) is 14.5 Å². The standard InChI is InChI=1S/C21H19N3O5/c1-9-12-7-22-19-16(12)18-13(8-23-19)10-5-14(27-2)15(28-3)6-11(10)20(25)24(18)17(9)21(26)29-4/h5-9,17H,1-4H3,(H,22,23)/t9?,17-/m1/s1. The van der Waals surface area contributed by atoms with Crippen LogP contribution >= 0.6 is 0 Å². The van der Waals surface area contributed by atoms with Crippen molar-refractivity contribution in [3.8, 4) is 11.5 Å². The maximum Gasteiger partial charge on any atom is 0.329 e. The molecule has 1 aliphatic rings. The van der Waals surface area contributed by atoms with Crippen LogP contribution in [-0.4, -0.2) is 41.8 Å². The Morgan fingerprint density at radius 3 is 2.45 bits per heavy atom. The van der Waals surface area contributed by atoms with Crippen LogP contribution in [0.5, 0.6) is 11.5 Å². The number of esters is 1. The van der Waals surface area contributed by atoms with Gasteiger partial charge in [0, 0.05) is 34.5 Å². The van der Waals surface area contributed by atoms with Crippen molar-refractivity contribution in [3.63, 3.8) is 0 Å². The molecule has 0 amide bonds. The molecule has 0 fully saturated rings. The van der Waals surface area contributed by atoms with Crippen molar-refractivity contribution in [2.24, 2.45) is 0 Å². The van der Waals surface area contributed by atoms with E-state index in [-0.39, 0.29) is 11.5 Å². The van der Waals surface area contributed by atoms with Crippen molar-refractivity contribution in [2.45, 2.75) is 18.9 Å². The molecule has 5 rings (SSSR count). The average molecular weight is 393 g/mol. The first kappa shape index (κ1) is 17.5. The van der Waals surface area contributed by atoms with E-state index in [1.54, 1.807) is 30.0 Å². The number of carbonyl (C=O) groups is 1. The fourth-order valence-corrected chi connectivity index (χ4v) is 4.51. The monoisotopic (exact) mass is 393 g/mol. The lowest BCUT2D eigenvalue weighted by atomic mass is 9.88. The second-order valence-electron chi connectivity index (χ2n) is 7.17. The van der Waals surface area contributed by atoms with Gasteiger partial charge in [-0.25, -0.2) is 9.78 Å². The van der Waals surface area contributed by atoms with Gasteiger partial charge in [0.15, 0.2) is 11.5 Å². The van der Waals surface area contributed by atoms with Gasteiger partial charge in [0.2, 0.25) is 0 Å². The average Bonchev–Trinajstić information content (AvgIpc) is 3.19. The second kappa shape index (κ2) is 5.97. The Labute approximate surface area is 165 Å². The molecule has 1 aliphatic heterocycles. The molecule has 2 atom stereocenters. The van der Waals surface area contributed by atoms with Crippen molar-refractivity contribution in [2.75, 3.05) is 21.3 Å². The largest absolute Gasteiger partial charge is 0.493 e. The molecule has 8 heteroatoms. The summed E-state index contributed by atoms with van der Waals surface area (Å²) in [6, 6.07) is 2.65. The zero-order valence-corrected chi connectivity index (χ0v) is 16.4. The van der Waals surface area contributed by atoms with Crippen LogP contribution in [0.1, 0.15) is 24.4 Å². The molecule has 4 heterocycles. The zero-order chi connectivity index (χ0) is 20.4. The third-order valence-electron chi connectivity index (χ3n) is 5.89. The highest BCUT2D eigenvalue weighted by atomic mass is 16.5. The zero-order valence-electron chi connectivity index (χ0n) is 16.4. The lowest BCUT2D eigenvalue weighted by Gasteiger charge is -2.30. The van der Waals surface area contributed by atoms with Crippen LogP contribution < -0.4 is 15.0 Å².